The van der Waals surface area contributed by atoms with Crippen LogP contribution in [0.25, 0.3) is 0 Å². The fourth-order valence-electron chi connectivity index (χ4n) is 2.48. The van der Waals surface area contributed by atoms with Gasteiger partial charge in [0.2, 0.25) is 5.91 Å². The molecule has 0 saturated heterocycles. The van der Waals surface area contributed by atoms with E-state index < -0.39 is 12.1 Å². The molecule has 0 radical (unpaired) electrons. The molecule has 1 unspecified atom stereocenters. The highest BCUT2D eigenvalue weighted by Gasteiger charge is 2.20. The highest BCUT2D eigenvalue weighted by molar-refractivity contribution is 9.10. The van der Waals surface area contributed by atoms with Crippen molar-refractivity contribution in [3.8, 4) is 0 Å². The second-order valence-electron chi connectivity index (χ2n) is 5.82. The van der Waals surface area contributed by atoms with Crippen molar-refractivity contribution in [2.75, 3.05) is 7.05 Å². The molecule has 26 heavy (non-hydrogen) atoms. The number of nitrogens with zero attached hydrogens (tertiary/aromatic N) is 1. The minimum atomic E-state index is -0.685. The second kappa shape index (κ2) is 9.26. The molecule has 138 valence electrons. The van der Waals surface area contributed by atoms with Crippen LogP contribution in [0.2, 0.25) is 10.0 Å². The Hall–Kier alpha value is -1.76. The SMILES string of the molecule is CN(Cc1ccc(Cl)c(Cl)c1)C(=O)CC(NC(N)=O)c1cccc(Br)c1. The Morgan fingerprint density at radius 3 is 2.54 bits per heavy atom. The van der Waals surface area contributed by atoms with E-state index >= 15 is 0 Å². The van der Waals surface area contributed by atoms with Crippen molar-refractivity contribution in [3.05, 3.63) is 68.1 Å². The molecular formula is C18H18BrCl2N3O2. The Morgan fingerprint density at radius 2 is 1.92 bits per heavy atom. The van der Waals surface area contributed by atoms with Gasteiger partial charge in [0.05, 0.1) is 22.5 Å². The molecule has 0 heterocycles. The summed E-state index contributed by atoms with van der Waals surface area (Å²) in [7, 11) is 1.69. The van der Waals surface area contributed by atoms with Gasteiger partial charge >= 0.3 is 6.03 Å². The number of amides is 3. The number of urea groups is 1. The van der Waals surface area contributed by atoms with Crippen LogP contribution in [0, 0.1) is 0 Å². The zero-order valence-corrected chi connectivity index (χ0v) is 17.1. The maximum Gasteiger partial charge on any atom is 0.312 e. The Balaban J connectivity index is 2.10. The van der Waals surface area contributed by atoms with E-state index in [-0.39, 0.29) is 12.3 Å². The number of carbonyl (C=O) groups excluding carboxylic acids is 2. The van der Waals surface area contributed by atoms with Crippen LogP contribution in [0.1, 0.15) is 23.6 Å². The summed E-state index contributed by atoms with van der Waals surface area (Å²) in [5, 5.41) is 3.52. The third kappa shape index (κ3) is 5.90. The van der Waals surface area contributed by atoms with Gasteiger partial charge in [0.1, 0.15) is 0 Å². The molecule has 8 heteroatoms. The van der Waals surface area contributed by atoms with Crippen LogP contribution in [0.3, 0.4) is 0 Å². The molecule has 0 aliphatic carbocycles. The normalized spacial score (nSPS) is 11.7. The van der Waals surface area contributed by atoms with Gasteiger partial charge in [-0.3, -0.25) is 4.79 Å². The number of benzene rings is 2. The number of halogens is 3. The molecule has 0 aromatic heterocycles. The standard InChI is InChI=1S/C18H18BrCl2N3O2/c1-24(10-11-5-6-14(20)15(21)7-11)17(25)9-16(23-18(22)26)12-3-2-4-13(19)8-12/h2-8,16H,9-10H2,1H3,(H3,22,23,26). The van der Waals surface area contributed by atoms with Crippen LogP contribution in [-0.2, 0) is 11.3 Å². The maximum absolute atomic E-state index is 12.6. The first kappa shape index (κ1) is 20.6. The molecule has 1 atom stereocenters. The predicted octanol–water partition coefficient (Wildman–Crippen LogP) is 4.51. The summed E-state index contributed by atoms with van der Waals surface area (Å²) < 4.78 is 0.850. The molecule has 0 fully saturated rings. The molecule has 0 bridgehead atoms. The number of nitrogens with two attached hydrogens (primary N) is 1. The highest BCUT2D eigenvalue weighted by Crippen LogP contribution is 2.24. The molecule has 0 aliphatic rings. The third-order valence-corrected chi connectivity index (χ3v) is 5.01. The van der Waals surface area contributed by atoms with Crippen molar-refractivity contribution < 1.29 is 9.59 Å². The maximum atomic E-state index is 12.6. The van der Waals surface area contributed by atoms with Crippen LogP contribution in [0.5, 0.6) is 0 Å². The summed E-state index contributed by atoms with van der Waals surface area (Å²) in [5.41, 5.74) is 6.91. The lowest BCUT2D eigenvalue weighted by atomic mass is 10.0. The van der Waals surface area contributed by atoms with Crippen molar-refractivity contribution >= 4 is 51.1 Å². The van der Waals surface area contributed by atoms with E-state index in [1.54, 1.807) is 24.1 Å². The number of primary amides is 1. The quantitative estimate of drug-likeness (QED) is 0.667. The van der Waals surface area contributed by atoms with E-state index in [1.807, 2.05) is 30.3 Å². The largest absolute Gasteiger partial charge is 0.352 e. The third-order valence-electron chi connectivity index (χ3n) is 3.78. The summed E-state index contributed by atoms with van der Waals surface area (Å²) in [6.45, 7) is 0.373. The zero-order chi connectivity index (χ0) is 19.3. The minimum absolute atomic E-state index is 0.0806. The fraction of sp³-hybridized carbons (Fsp3) is 0.222. The van der Waals surface area contributed by atoms with E-state index in [2.05, 4.69) is 21.2 Å². The van der Waals surface area contributed by atoms with Crippen molar-refractivity contribution in [3.63, 3.8) is 0 Å². The first-order valence-electron chi connectivity index (χ1n) is 7.75. The molecule has 2 aromatic rings. The average Bonchev–Trinajstić information content (AvgIpc) is 2.57. The van der Waals surface area contributed by atoms with Gasteiger partial charge in [-0.05, 0) is 35.4 Å². The lowest BCUT2D eigenvalue weighted by Gasteiger charge is -2.23. The molecule has 3 N–H and O–H groups in total. The van der Waals surface area contributed by atoms with Gasteiger partial charge in [-0.15, -0.1) is 0 Å². The molecule has 2 rings (SSSR count). The lowest BCUT2D eigenvalue weighted by Crippen LogP contribution is -2.37. The van der Waals surface area contributed by atoms with Crippen LogP contribution in [0.4, 0.5) is 4.79 Å². The number of hydrogen-bond acceptors (Lipinski definition) is 2. The number of carbonyl (C=O) groups is 2. The Bertz CT molecular complexity index is 817. The molecule has 2 aromatic carbocycles. The van der Waals surface area contributed by atoms with Crippen LogP contribution >= 0.6 is 39.1 Å². The summed E-state index contributed by atoms with van der Waals surface area (Å²) in [6, 6.07) is 11.4. The fourth-order valence-corrected chi connectivity index (χ4v) is 3.22. The lowest BCUT2D eigenvalue weighted by molar-refractivity contribution is -0.130. The summed E-state index contributed by atoms with van der Waals surface area (Å²) >= 11 is 15.3. The van der Waals surface area contributed by atoms with E-state index in [0.717, 1.165) is 15.6 Å². The minimum Gasteiger partial charge on any atom is -0.352 e. The van der Waals surface area contributed by atoms with Crippen molar-refractivity contribution in [1.82, 2.24) is 10.2 Å². The summed E-state index contributed by atoms with van der Waals surface area (Å²) in [4.78, 5) is 25.5. The van der Waals surface area contributed by atoms with Gasteiger partial charge in [-0.25, -0.2) is 4.79 Å². The number of hydrogen-bond donors (Lipinski definition) is 2. The smallest absolute Gasteiger partial charge is 0.312 e. The Labute approximate surface area is 170 Å². The molecular weight excluding hydrogens is 441 g/mol. The van der Waals surface area contributed by atoms with E-state index in [4.69, 9.17) is 28.9 Å². The first-order valence-corrected chi connectivity index (χ1v) is 9.30. The van der Waals surface area contributed by atoms with Crippen molar-refractivity contribution in [2.45, 2.75) is 19.0 Å². The van der Waals surface area contributed by atoms with E-state index in [9.17, 15) is 9.59 Å². The monoisotopic (exact) mass is 457 g/mol. The van der Waals surface area contributed by atoms with Crippen LogP contribution in [-0.4, -0.2) is 23.9 Å². The van der Waals surface area contributed by atoms with Gasteiger partial charge in [-0.1, -0.05) is 57.3 Å². The topological polar surface area (TPSA) is 75.4 Å². The molecule has 0 aliphatic heterocycles. The average molecular weight is 459 g/mol. The van der Waals surface area contributed by atoms with Gasteiger partial charge in [0, 0.05) is 18.1 Å². The van der Waals surface area contributed by atoms with Crippen LogP contribution in [0.15, 0.2) is 46.9 Å². The number of rotatable bonds is 6. The molecule has 0 spiro atoms. The van der Waals surface area contributed by atoms with E-state index in [1.165, 1.54) is 0 Å². The zero-order valence-electron chi connectivity index (χ0n) is 14.0. The molecule has 0 saturated carbocycles. The number of nitrogens with one attached hydrogen (secondary N) is 1. The van der Waals surface area contributed by atoms with Gasteiger partial charge in [0.25, 0.3) is 0 Å². The van der Waals surface area contributed by atoms with Gasteiger partial charge in [0.15, 0.2) is 0 Å². The summed E-state index contributed by atoms with van der Waals surface area (Å²) in [5.74, 6) is -0.144. The van der Waals surface area contributed by atoms with Crippen LogP contribution < -0.4 is 11.1 Å². The second-order valence-corrected chi connectivity index (χ2v) is 7.55. The van der Waals surface area contributed by atoms with Crippen molar-refractivity contribution in [2.24, 2.45) is 5.73 Å². The van der Waals surface area contributed by atoms with E-state index in [0.29, 0.717) is 16.6 Å². The predicted molar refractivity (Wildman–Crippen MR) is 107 cm³/mol. The first-order chi connectivity index (χ1) is 12.3. The Kier molecular flexibility index (Phi) is 7.32. The van der Waals surface area contributed by atoms with Gasteiger partial charge in [-0.2, -0.15) is 0 Å². The summed E-state index contributed by atoms with van der Waals surface area (Å²) in [6.07, 6.45) is 0.0806. The van der Waals surface area contributed by atoms with Crippen molar-refractivity contribution in [1.29, 1.82) is 0 Å². The Morgan fingerprint density at radius 1 is 1.19 bits per heavy atom. The highest BCUT2D eigenvalue weighted by atomic mass is 79.9. The molecule has 5 nitrogen and oxygen atoms in total. The van der Waals surface area contributed by atoms with Gasteiger partial charge < -0.3 is 16.0 Å². The molecule has 3 amide bonds.